The van der Waals surface area contributed by atoms with Crippen LogP contribution in [0.3, 0.4) is 0 Å². The molecule has 4 heteroatoms. The maximum atomic E-state index is 12.4. The third-order valence-corrected chi connectivity index (χ3v) is 5.09. The van der Waals surface area contributed by atoms with Gasteiger partial charge < -0.3 is 11.1 Å². The van der Waals surface area contributed by atoms with Crippen LogP contribution in [-0.4, -0.2) is 18.5 Å². The van der Waals surface area contributed by atoms with E-state index in [1.165, 1.54) is 25.7 Å². The molecule has 19 heavy (non-hydrogen) atoms. The van der Waals surface area contributed by atoms with Gasteiger partial charge in [0.05, 0.1) is 0 Å². The molecule has 3 nitrogen and oxygen atoms in total. The fourth-order valence-corrected chi connectivity index (χ4v) is 3.74. The number of hydrogen-bond acceptors (Lipinski definition) is 2. The Kier molecular flexibility index (Phi) is 6.61. The average molecular weight is 289 g/mol. The SMILES string of the molecule is CCC1(C(=O)NCC2CCCC(N)C2)CCCC1.Cl. The van der Waals surface area contributed by atoms with Gasteiger partial charge in [-0.05, 0) is 44.4 Å². The molecule has 0 spiro atoms. The lowest BCUT2D eigenvalue weighted by molar-refractivity contribution is -0.131. The van der Waals surface area contributed by atoms with E-state index in [4.69, 9.17) is 5.73 Å². The number of nitrogens with one attached hydrogen (secondary N) is 1. The smallest absolute Gasteiger partial charge is 0.226 e. The molecular weight excluding hydrogens is 260 g/mol. The Hall–Kier alpha value is -0.280. The molecule has 0 saturated heterocycles. The molecule has 2 atom stereocenters. The minimum absolute atomic E-state index is 0. The Balaban J connectivity index is 0.00000180. The number of hydrogen-bond donors (Lipinski definition) is 2. The lowest BCUT2D eigenvalue weighted by Gasteiger charge is -2.30. The van der Waals surface area contributed by atoms with E-state index in [1.807, 2.05) is 0 Å². The molecule has 2 aliphatic rings. The molecule has 0 aromatic heterocycles. The number of carbonyl (C=O) groups is 1. The topological polar surface area (TPSA) is 55.1 Å². The summed E-state index contributed by atoms with van der Waals surface area (Å²) in [6.45, 7) is 3.00. The second kappa shape index (κ2) is 7.49. The van der Waals surface area contributed by atoms with Crippen LogP contribution >= 0.6 is 12.4 Å². The quantitative estimate of drug-likeness (QED) is 0.835. The summed E-state index contributed by atoms with van der Waals surface area (Å²) in [5.41, 5.74) is 5.95. The molecule has 0 bridgehead atoms. The van der Waals surface area contributed by atoms with Crippen molar-refractivity contribution in [2.75, 3.05) is 6.54 Å². The largest absolute Gasteiger partial charge is 0.355 e. The van der Waals surface area contributed by atoms with Gasteiger partial charge in [0.2, 0.25) is 5.91 Å². The molecule has 0 aliphatic heterocycles. The first kappa shape index (κ1) is 16.8. The molecule has 2 rings (SSSR count). The number of halogens is 1. The molecule has 2 saturated carbocycles. The van der Waals surface area contributed by atoms with Gasteiger partial charge in [-0.1, -0.05) is 26.2 Å². The van der Waals surface area contributed by atoms with E-state index in [9.17, 15) is 4.79 Å². The van der Waals surface area contributed by atoms with Crippen LogP contribution in [0, 0.1) is 11.3 Å². The van der Waals surface area contributed by atoms with E-state index < -0.39 is 0 Å². The summed E-state index contributed by atoms with van der Waals surface area (Å²) in [5, 5.41) is 3.21. The predicted molar refractivity (Wildman–Crippen MR) is 81.4 cm³/mol. The van der Waals surface area contributed by atoms with Crippen LogP contribution in [-0.2, 0) is 4.79 Å². The van der Waals surface area contributed by atoms with Crippen molar-refractivity contribution in [1.82, 2.24) is 5.32 Å². The molecule has 3 N–H and O–H groups in total. The first-order valence-electron chi connectivity index (χ1n) is 7.70. The maximum absolute atomic E-state index is 12.4. The zero-order chi connectivity index (χ0) is 13.0. The van der Waals surface area contributed by atoms with Gasteiger partial charge in [-0.25, -0.2) is 0 Å². The Morgan fingerprint density at radius 2 is 1.95 bits per heavy atom. The highest BCUT2D eigenvalue weighted by atomic mass is 35.5. The fraction of sp³-hybridized carbons (Fsp3) is 0.933. The van der Waals surface area contributed by atoms with Crippen molar-refractivity contribution < 1.29 is 4.79 Å². The van der Waals surface area contributed by atoms with Crippen LogP contribution in [0.4, 0.5) is 0 Å². The molecule has 0 aromatic carbocycles. The van der Waals surface area contributed by atoms with E-state index >= 15 is 0 Å². The molecular formula is C15H29ClN2O. The van der Waals surface area contributed by atoms with Crippen LogP contribution in [0.15, 0.2) is 0 Å². The normalized spacial score (nSPS) is 29.6. The first-order valence-corrected chi connectivity index (χ1v) is 7.70. The van der Waals surface area contributed by atoms with Gasteiger partial charge in [-0.2, -0.15) is 0 Å². The van der Waals surface area contributed by atoms with Crippen LogP contribution in [0.5, 0.6) is 0 Å². The van der Waals surface area contributed by atoms with Crippen LogP contribution in [0.2, 0.25) is 0 Å². The summed E-state index contributed by atoms with van der Waals surface area (Å²) in [6, 6.07) is 0.354. The molecule has 2 unspecified atom stereocenters. The van der Waals surface area contributed by atoms with E-state index in [-0.39, 0.29) is 17.8 Å². The third-order valence-electron chi connectivity index (χ3n) is 5.09. The van der Waals surface area contributed by atoms with Gasteiger partial charge in [0.1, 0.15) is 0 Å². The lowest BCUT2D eigenvalue weighted by atomic mass is 9.81. The zero-order valence-corrected chi connectivity index (χ0v) is 12.9. The van der Waals surface area contributed by atoms with Crippen LogP contribution in [0.1, 0.15) is 64.7 Å². The Bertz CT molecular complexity index is 290. The number of nitrogens with two attached hydrogens (primary N) is 1. The average Bonchev–Trinajstić information content (AvgIpc) is 2.86. The summed E-state index contributed by atoms with van der Waals surface area (Å²) in [5.74, 6) is 0.912. The lowest BCUT2D eigenvalue weighted by Crippen LogP contribution is -2.42. The molecule has 0 radical (unpaired) electrons. The minimum Gasteiger partial charge on any atom is -0.355 e. The van der Waals surface area contributed by atoms with E-state index in [2.05, 4.69) is 12.2 Å². The molecule has 0 aromatic rings. The first-order chi connectivity index (χ1) is 8.66. The van der Waals surface area contributed by atoms with Crippen molar-refractivity contribution in [2.45, 2.75) is 70.8 Å². The second-order valence-electron chi connectivity index (χ2n) is 6.34. The highest BCUT2D eigenvalue weighted by Crippen LogP contribution is 2.41. The monoisotopic (exact) mass is 288 g/mol. The molecule has 2 fully saturated rings. The van der Waals surface area contributed by atoms with E-state index in [0.29, 0.717) is 17.9 Å². The predicted octanol–water partition coefficient (Wildman–Crippen LogP) is 3.01. The Morgan fingerprint density at radius 3 is 2.53 bits per heavy atom. The van der Waals surface area contributed by atoms with Crippen molar-refractivity contribution >= 4 is 18.3 Å². The fourth-order valence-electron chi connectivity index (χ4n) is 3.74. The molecule has 1 amide bonds. The van der Waals surface area contributed by atoms with Crippen molar-refractivity contribution in [3.05, 3.63) is 0 Å². The van der Waals surface area contributed by atoms with Crippen LogP contribution in [0.25, 0.3) is 0 Å². The van der Waals surface area contributed by atoms with Crippen molar-refractivity contribution in [3.63, 3.8) is 0 Å². The Labute approximate surface area is 123 Å². The highest BCUT2D eigenvalue weighted by molar-refractivity contribution is 5.85. The summed E-state index contributed by atoms with van der Waals surface area (Å²) < 4.78 is 0. The van der Waals surface area contributed by atoms with Crippen molar-refractivity contribution in [1.29, 1.82) is 0 Å². The van der Waals surface area contributed by atoms with Gasteiger partial charge in [0.25, 0.3) is 0 Å². The second-order valence-corrected chi connectivity index (χ2v) is 6.34. The number of rotatable bonds is 4. The van der Waals surface area contributed by atoms with Crippen molar-refractivity contribution in [3.8, 4) is 0 Å². The van der Waals surface area contributed by atoms with Gasteiger partial charge in [0, 0.05) is 18.0 Å². The van der Waals surface area contributed by atoms with E-state index in [0.717, 1.165) is 38.6 Å². The maximum Gasteiger partial charge on any atom is 0.226 e. The van der Waals surface area contributed by atoms with Gasteiger partial charge in [0.15, 0.2) is 0 Å². The van der Waals surface area contributed by atoms with Crippen LogP contribution < -0.4 is 11.1 Å². The highest BCUT2D eigenvalue weighted by Gasteiger charge is 2.39. The summed E-state index contributed by atoms with van der Waals surface area (Å²) in [6.07, 6.45) is 10.3. The summed E-state index contributed by atoms with van der Waals surface area (Å²) >= 11 is 0. The minimum atomic E-state index is -0.0449. The van der Waals surface area contributed by atoms with E-state index in [1.54, 1.807) is 0 Å². The molecule has 112 valence electrons. The number of amides is 1. The summed E-state index contributed by atoms with van der Waals surface area (Å²) in [4.78, 5) is 12.4. The Morgan fingerprint density at radius 1 is 1.26 bits per heavy atom. The summed E-state index contributed by atoms with van der Waals surface area (Å²) in [7, 11) is 0. The molecule has 2 aliphatic carbocycles. The van der Waals surface area contributed by atoms with Gasteiger partial charge >= 0.3 is 0 Å². The zero-order valence-electron chi connectivity index (χ0n) is 12.1. The van der Waals surface area contributed by atoms with Gasteiger partial charge in [-0.15, -0.1) is 12.4 Å². The third kappa shape index (κ3) is 4.09. The van der Waals surface area contributed by atoms with Gasteiger partial charge in [-0.3, -0.25) is 4.79 Å². The molecule has 0 heterocycles. The number of carbonyl (C=O) groups excluding carboxylic acids is 1. The van der Waals surface area contributed by atoms with Crippen molar-refractivity contribution in [2.24, 2.45) is 17.1 Å². The standard InChI is InChI=1S/C15H28N2O.ClH/c1-2-15(8-3-4-9-15)14(18)17-11-12-6-5-7-13(16)10-12;/h12-13H,2-11,16H2,1H3,(H,17,18);1H.